The molecule has 0 radical (unpaired) electrons. The molecule has 0 unspecified atom stereocenters. The summed E-state index contributed by atoms with van der Waals surface area (Å²) in [4.78, 5) is 15.6. The van der Waals surface area contributed by atoms with E-state index in [-0.39, 0.29) is 18.5 Å². The van der Waals surface area contributed by atoms with Crippen molar-refractivity contribution in [2.45, 2.75) is 38.8 Å². The second kappa shape index (κ2) is 6.44. The third-order valence-corrected chi connectivity index (χ3v) is 4.30. The highest BCUT2D eigenvalue weighted by molar-refractivity contribution is 6.33. The Kier molecular flexibility index (Phi) is 4.38. The maximum atomic E-state index is 12.4. The lowest BCUT2D eigenvalue weighted by atomic mass is 10.0. The number of hydrogen-bond acceptors (Lipinski definition) is 4. The van der Waals surface area contributed by atoms with Crippen LogP contribution >= 0.6 is 11.6 Å². The number of carbonyl (C=O) groups excluding carboxylic acids is 1. The number of halogens is 1. The molecule has 0 N–H and O–H groups in total. The fraction of sp³-hybridized carbons (Fsp3) is 0.467. The van der Waals surface area contributed by atoms with Crippen LogP contribution in [0.3, 0.4) is 0 Å². The first-order chi connectivity index (χ1) is 10.6. The quantitative estimate of drug-likeness (QED) is 0.871. The van der Waals surface area contributed by atoms with Crippen LogP contribution in [-0.2, 0) is 11.3 Å². The molecule has 0 saturated carbocycles. The zero-order chi connectivity index (χ0) is 15.5. The van der Waals surface area contributed by atoms with Crippen LogP contribution in [0.2, 0.25) is 5.02 Å². The first-order valence-electron chi connectivity index (χ1n) is 7.47. The Labute approximate surface area is 134 Å². The summed E-state index contributed by atoms with van der Waals surface area (Å²) in [6.07, 6.45) is 3.30. The highest BCUT2D eigenvalue weighted by atomic mass is 35.5. The Bertz CT molecular complexity index is 671. The van der Waals surface area contributed by atoms with E-state index < -0.39 is 0 Å². The van der Waals surface area contributed by atoms with Crippen LogP contribution in [0.4, 0.5) is 0 Å². The predicted octanol–water partition coefficient (Wildman–Crippen LogP) is 2.39. The molecule has 0 bridgehead atoms. The molecule has 6 nitrogen and oxygen atoms in total. The normalized spacial score (nSPS) is 18.5. The smallest absolute Gasteiger partial charge is 0.246 e. The highest BCUT2D eigenvalue weighted by Gasteiger charge is 2.24. The van der Waals surface area contributed by atoms with Crippen molar-refractivity contribution in [2.24, 2.45) is 0 Å². The maximum absolute atomic E-state index is 12.4. The molecule has 1 aliphatic rings. The van der Waals surface area contributed by atoms with E-state index in [0.29, 0.717) is 16.4 Å². The van der Waals surface area contributed by atoms with Crippen molar-refractivity contribution >= 4 is 17.5 Å². The number of carbonyl (C=O) groups is 1. The molecule has 1 fully saturated rings. The molecule has 3 rings (SSSR count). The van der Waals surface area contributed by atoms with Crippen molar-refractivity contribution in [3.8, 4) is 11.4 Å². The minimum absolute atomic E-state index is 0.0373. The molecule has 1 amide bonds. The average molecular weight is 320 g/mol. The third kappa shape index (κ3) is 3.11. The van der Waals surface area contributed by atoms with Gasteiger partial charge in [0, 0.05) is 18.2 Å². The molecular formula is C15H18ClN5O. The molecular weight excluding hydrogens is 302 g/mol. The van der Waals surface area contributed by atoms with Gasteiger partial charge in [-0.25, -0.2) is 0 Å². The predicted molar refractivity (Wildman–Crippen MR) is 83.3 cm³/mol. The van der Waals surface area contributed by atoms with Crippen LogP contribution in [0.5, 0.6) is 0 Å². The Hall–Kier alpha value is -1.95. The van der Waals surface area contributed by atoms with Gasteiger partial charge in [0.25, 0.3) is 0 Å². The number of amides is 1. The fourth-order valence-corrected chi connectivity index (χ4v) is 2.96. The lowest BCUT2D eigenvalue weighted by Gasteiger charge is -2.33. The number of piperidine rings is 1. The van der Waals surface area contributed by atoms with Gasteiger partial charge in [0.05, 0.1) is 5.02 Å². The Morgan fingerprint density at radius 1 is 1.36 bits per heavy atom. The van der Waals surface area contributed by atoms with Crippen molar-refractivity contribution in [1.29, 1.82) is 0 Å². The van der Waals surface area contributed by atoms with Gasteiger partial charge in [0.1, 0.15) is 6.54 Å². The summed E-state index contributed by atoms with van der Waals surface area (Å²) < 4.78 is 0. The number of aromatic nitrogens is 4. The first-order valence-corrected chi connectivity index (χ1v) is 7.85. The van der Waals surface area contributed by atoms with Gasteiger partial charge in [0.2, 0.25) is 11.7 Å². The molecule has 1 aliphatic heterocycles. The second-order valence-electron chi connectivity index (χ2n) is 5.56. The number of rotatable bonds is 3. The van der Waals surface area contributed by atoms with Crippen molar-refractivity contribution in [1.82, 2.24) is 25.1 Å². The van der Waals surface area contributed by atoms with Crippen LogP contribution in [0.25, 0.3) is 11.4 Å². The van der Waals surface area contributed by atoms with Gasteiger partial charge in [-0.1, -0.05) is 23.7 Å². The average Bonchev–Trinajstić information content (AvgIpc) is 2.96. The van der Waals surface area contributed by atoms with Gasteiger partial charge >= 0.3 is 0 Å². The van der Waals surface area contributed by atoms with Crippen LogP contribution in [0, 0.1) is 0 Å². The van der Waals surface area contributed by atoms with Gasteiger partial charge in [-0.3, -0.25) is 4.79 Å². The number of likely N-dealkylation sites (tertiary alicyclic amines) is 1. The van der Waals surface area contributed by atoms with E-state index in [1.807, 2.05) is 23.1 Å². The second-order valence-corrected chi connectivity index (χ2v) is 5.96. The lowest BCUT2D eigenvalue weighted by molar-refractivity contribution is -0.135. The maximum Gasteiger partial charge on any atom is 0.246 e. The van der Waals surface area contributed by atoms with E-state index in [9.17, 15) is 4.79 Å². The molecule has 1 saturated heterocycles. The molecule has 1 aromatic carbocycles. The minimum atomic E-state index is 0.0373. The van der Waals surface area contributed by atoms with Gasteiger partial charge in [-0.05, 0) is 43.5 Å². The number of benzene rings is 1. The van der Waals surface area contributed by atoms with Gasteiger partial charge < -0.3 is 4.90 Å². The fourth-order valence-electron chi connectivity index (χ4n) is 2.74. The van der Waals surface area contributed by atoms with Crippen LogP contribution in [0.1, 0.15) is 26.2 Å². The number of nitrogens with zero attached hydrogens (tertiary/aromatic N) is 5. The first kappa shape index (κ1) is 15.0. The SMILES string of the molecule is C[C@@H]1CCCCN1C(=O)Cn1nnc(-c2ccccc2Cl)n1. The lowest BCUT2D eigenvalue weighted by Crippen LogP contribution is -2.43. The molecule has 116 valence electrons. The summed E-state index contributed by atoms with van der Waals surface area (Å²) in [5, 5.41) is 12.8. The zero-order valence-corrected chi connectivity index (χ0v) is 13.2. The van der Waals surface area contributed by atoms with Crippen LogP contribution < -0.4 is 0 Å². The minimum Gasteiger partial charge on any atom is -0.338 e. The van der Waals surface area contributed by atoms with Crippen LogP contribution in [-0.4, -0.2) is 43.6 Å². The summed E-state index contributed by atoms with van der Waals surface area (Å²) in [5.74, 6) is 0.473. The number of hydrogen-bond donors (Lipinski definition) is 0. The molecule has 2 heterocycles. The summed E-state index contributed by atoms with van der Waals surface area (Å²) in [6, 6.07) is 7.60. The molecule has 22 heavy (non-hydrogen) atoms. The molecule has 0 aliphatic carbocycles. The largest absolute Gasteiger partial charge is 0.338 e. The van der Waals surface area contributed by atoms with Crippen molar-refractivity contribution in [2.75, 3.05) is 6.54 Å². The van der Waals surface area contributed by atoms with E-state index in [2.05, 4.69) is 22.3 Å². The van der Waals surface area contributed by atoms with E-state index in [4.69, 9.17) is 11.6 Å². The summed E-state index contributed by atoms with van der Waals surface area (Å²) in [7, 11) is 0. The monoisotopic (exact) mass is 319 g/mol. The highest BCUT2D eigenvalue weighted by Crippen LogP contribution is 2.23. The van der Waals surface area contributed by atoms with E-state index in [1.165, 1.54) is 11.2 Å². The molecule has 1 atom stereocenters. The van der Waals surface area contributed by atoms with E-state index in [1.54, 1.807) is 6.07 Å². The standard InChI is InChI=1S/C15H18ClN5O/c1-11-6-4-5-9-20(11)14(22)10-21-18-15(17-19-21)12-7-2-3-8-13(12)16/h2-3,7-8,11H,4-6,9-10H2,1H3/t11-/m1/s1. The Morgan fingerprint density at radius 2 is 2.18 bits per heavy atom. The van der Waals surface area contributed by atoms with Gasteiger partial charge in [0.15, 0.2) is 0 Å². The topological polar surface area (TPSA) is 63.9 Å². The molecule has 0 spiro atoms. The Morgan fingerprint density at radius 3 is 2.95 bits per heavy atom. The summed E-state index contributed by atoms with van der Waals surface area (Å²) >= 11 is 6.12. The van der Waals surface area contributed by atoms with Crippen molar-refractivity contribution < 1.29 is 4.79 Å². The van der Waals surface area contributed by atoms with Crippen LogP contribution in [0.15, 0.2) is 24.3 Å². The van der Waals surface area contributed by atoms with E-state index >= 15 is 0 Å². The van der Waals surface area contributed by atoms with Gasteiger partial charge in [-0.15, -0.1) is 10.2 Å². The molecule has 1 aromatic heterocycles. The van der Waals surface area contributed by atoms with Crippen molar-refractivity contribution in [3.63, 3.8) is 0 Å². The Balaban J connectivity index is 1.72. The number of tetrazole rings is 1. The molecule has 7 heteroatoms. The van der Waals surface area contributed by atoms with Crippen molar-refractivity contribution in [3.05, 3.63) is 29.3 Å². The third-order valence-electron chi connectivity index (χ3n) is 3.97. The summed E-state index contributed by atoms with van der Waals surface area (Å²) in [6.45, 7) is 3.01. The zero-order valence-electron chi connectivity index (χ0n) is 12.4. The molecule has 2 aromatic rings. The van der Waals surface area contributed by atoms with E-state index in [0.717, 1.165) is 19.4 Å². The van der Waals surface area contributed by atoms with Gasteiger partial charge in [-0.2, -0.15) is 4.80 Å². The summed E-state index contributed by atoms with van der Waals surface area (Å²) in [5.41, 5.74) is 0.717.